The standard InChI is InChI=1S/C50H59N9O7S/c1-32(2)39-7-5-6-8-40(39)44-31-65-20-19-58(44)36-24-50(25-36)15-17-57(18-16-50)35-9-10-41(45(21-35)66-37-22-42-34(26-51)28-53-46(42)54-29-37)48(60)56-67(63,64)38-23-43(59(61)62)47(55-30-38)52-27-33-11-13-49(3,4)14-12-33/h5-10,21-23,28-30,32-33,36,44H,11-20,24-25,27,31H2,1-4H3,(H,52,55)(H,53,54)(H,56,60)/t44-/m1/s1. The summed E-state index contributed by atoms with van der Waals surface area (Å²) in [5, 5.41) is 25.5. The van der Waals surface area contributed by atoms with E-state index in [0.717, 1.165) is 95.6 Å². The van der Waals surface area contributed by atoms with E-state index in [1.54, 1.807) is 24.4 Å². The molecule has 3 aromatic heterocycles. The number of carbonyl (C=O) groups excluding carboxylic acids is 1. The van der Waals surface area contributed by atoms with Gasteiger partial charge in [0.25, 0.3) is 15.9 Å². The molecule has 4 aliphatic rings. The van der Waals surface area contributed by atoms with E-state index in [1.807, 2.05) is 0 Å². The number of nitrogens with one attached hydrogen (secondary N) is 3. The van der Waals surface area contributed by atoms with Crippen LogP contribution in [-0.4, -0.2) is 84.5 Å². The van der Waals surface area contributed by atoms with Crippen molar-refractivity contribution in [2.45, 2.75) is 102 Å². The van der Waals surface area contributed by atoms with Crippen molar-refractivity contribution in [3.05, 3.63) is 106 Å². The first-order chi connectivity index (χ1) is 32.1. The predicted octanol–water partition coefficient (Wildman–Crippen LogP) is 9.22. The number of H-pyrrole nitrogens is 1. The third-order valence-electron chi connectivity index (χ3n) is 14.8. The average Bonchev–Trinajstić information content (AvgIpc) is 3.72. The van der Waals surface area contributed by atoms with Gasteiger partial charge in [0.15, 0.2) is 0 Å². The highest BCUT2D eigenvalue weighted by Gasteiger charge is 2.50. The summed E-state index contributed by atoms with van der Waals surface area (Å²) in [7, 11) is -4.65. The molecule has 5 aromatic rings. The number of nitrogens with zero attached hydrogens (tertiary/aromatic N) is 6. The number of sulfonamides is 1. The Morgan fingerprint density at radius 1 is 1.04 bits per heavy atom. The fourth-order valence-electron chi connectivity index (χ4n) is 10.7. The first kappa shape index (κ1) is 46.0. The van der Waals surface area contributed by atoms with Crippen LogP contribution in [0.2, 0.25) is 0 Å². The summed E-state index contributed by atoms with van der Waals surface area (Å²) in [6.07, 6.45) is 12.3. The Morgan fingerprint density at radius 2 is 1.81 bits per heavy atom. The molecule has 1 spiro atoms. The lowest BCUT2D eigenvalue weighted by Gasteiger charge is -2.57. The predicted molar refractivity (Wildman–Crippen MR) is 255 cm³/mol. The molecular formula is C50H59N9O7S. The average molecular weight is 930 g/mol. The highest BCUT2D eigenvalue weighted by atomic mass is 32.2. The first-order valence-corrected chi connectivity index (χ1v) is 24.9. The zero-order chi connectivity index (χ0) is 47.1. The van der Waals surface area contributed by atoms with Gasteiger partial charge in [-0.05, 0) is 103 Å². The number of carbonyl (C=O) groups is 1. The Balaban J connectivity index is 0.915. The number of piperidine rings is 1. The van der Waals surface area contributed by atoms with E-state index in [-0.39, 0.29) is 39.8 Å². The second-order valence-electron chi connectivity index (χ2n) is 20.0. The Hall–Kier alpha value is -6.09. The third-order valence-corrected chi connectivity index (χ3v) is 16.1. The van der Waals surface area contributed by atoms with Crippen molar-refractivity contribution in [2.75, 3.05) is 49.6 Å². The van der Waals surface area contributed by atoms with Crippen LogP contribution in [0.15, 0.2) is 78.1 Å². The van der Waals surface area contributed by atoms with Gasteiger partial charge in [0.2, 0.25) is 5.82 Å². The summed E-state index contributed by atoms with van der Waals surface area (Å²) in [6, 6.07) is 19.2. The van der Waals surface area contributed by atoms with Crippen LogP contribution < -0.4 is 19.7 Å². The van der Waals surface area contributed by atoms with Crippen LogP contribution in [0.4, 0.5) is 17.2 Å². The highest BCUT2D eigenvalue weighted by Crippen LogP contribution is 2.53. The van der Waals surface area contributed by atoms with Crippen molar-refractivity contribution in [1.82, 2.24) is 24.6 Å². The number of hydrogen-bond donors (Lipinski definition) is 3. The fourth-order valence-corrected chi connectivity index (χ4v) is 11.7. The van der Waals surface area contributed by atoms with Crippen molar-refractivity contribution >= 4 is 44.2 Å². The zero-order valence-electron chi connectivity index (χ0n) is 38.6. The number of rotatable bonds is 13. The number of nitro groups is 1. The van der Waals surface area contributed by atoms with Gasteiger partial charge < -0.3 is 24.7 Å². The number of morpholine rings is 1. The summed E-state index contributed by atoms with van der Waals surface area (Å²) < 4.78 is 42.0. The minimum atomic E-state index is -4.65. The monoisotopic (exact) mass is 929 g/mol. The maximum Gasteiger partial charge on any atom is 0.312 e. The van der Waals surface area contributed by atoms with Gasteiger partial charge in [-0.3, -0.25) is 19.8 Å². The van der Waals surface area contributed by atoms with Crippen molar-refractivity contribution in [1.29, 1.82) is 5.26 Å². The Morgan fingerprint density at radius 3 is 2.54 bits per heavy atom. The van der Waals surface area contributed by atoms with Gasteiger partial charge in [-0.2, -0.15) is 5.26 Å². The number of aromatic amines is 1. The normalized spacial score (nSPS) is 20.1. The summed E-state index contributed by atoms with van der Waals surface area (Å²) in [6.45, 7) is 13.4. The van der Waals surface area contributed by atoms with Crippen molar-refractivity contribution in [3.63, 3.8) is 0 Å². The van der Waals surface area contributed by atoms with Gasteiger partial charge in [-0.15, -0.1) is 0 Å². The zero-order valence-corrected chi connectivity index (χ0v) is 39.4. The molecule has 17 heteroatoms. The quantitative estimate of drug-likeness (QED) is 0.0744. The minimum absolute atomic E-state index is 0.0336. The van der Waals surface area contributed by atoms with E-state index >= 15 is 0 Å². The highest BCUT2D eigenvalue weighted by molar-refractivity contribution is 7.90. The second-order valence-corrected chi connectivity index (χ2v) is 21.7. The Kier molecular flexibility index (Phi) is 12.7. The van der Waals surface area contributed by atoms with Gasteiger partial charge in [0.05, 0.1) is 47.7 Å². The molecule has 3 N–H and O–H groups in total. The van der Waals surface area contributed by atoms with Crippen molar-refractivity contribution in [3.8, 4) is 17.6 Å². The summed E-state index contributed by atoms with van der Waals surface area (Å²) in [5.41, 5.74) is 4.28. The molecule has 0 bridgehead atoms. The number of aromatic nitrogens is 3. The van der Waals surface area contributed by atoms with Gasteiger partial charge >= 0.3 is 5.69 Å². The van der Waals surface area contributed by atoms with E-state index < -0.39 is 31.4 Å². The molecule has 2 aromatic carbocycles. The first-order valence-electron chi connectivity index (χ1n) is 23.4. The van der Waals surface area contributed by atoms with Crippen molar-refractivity contribution < 1.29 is 27.6 Å². The maximum atomic E-state index is 14.0. The summed E-state index contributed by atoms with van der Waals surface area (Å²) in [5.74, 6) is -0.00526. The van der Waals surface area contributed by atoms with Crippen LogP contribution in [0.5, 0.6) is 11.5 Å². The molecule has 4 fully saturated rings. The molecular weight excluding hydrogens is 871 g/mol. The number of benzene rings is 2. The molecule has 2 aliphatic carbocycles. The van der Waals surface area contributed by atoms with Crippen LogP contribution in [0.1, 0.15) is 118 Å². The van der Waals surface area contributed by atoms with Crippen LogP contribution in [-0.2, 0) is 14.8 Å². The maximum absolute atomic E-state index is 14.0. The van der Waals surface area contributed by atoms with Gasteiger partial charge in [-0.25, -0.2) is 23.1 Å². The minimum Gasteiger partial charge on any atom is -0.455 e. The van der Waals surface area contributed by atoms with E-state index in [9.17, 15) is 28.6 Å². The second kappa shape index (κ2) is 18.5. The topological polar surface area (TPSA) is 209 Å². The Labute approximate surface area is 391 Å². The molecule has 5 heterocycles. The molecule has 0 unspecified atom stereocenters. The SMILES string of the molecule is CC(C)c1ccccc1[C@H]1COCCN1C1CC2(CCN(c3ccc(C(=O)NS(=O)(=O)c4cnc(NCC5CCC(C)(C)CC5)c([N+](=O)[O-])c4)c(Oc4cnc5[nH]cc(C#N)c5c4)c3)CC2)C1. The molecule has 0 radical (unpaired) electrons. The van der Waals surface area contributed by atoms with Gasteiger partial charge in [0.1, 0.15) is 28.1 Å². The summed E-state index contributed by atoms with van der Waals surface area (Å²) in [4.78, 5) is 41.5. The smallest absolute Gasteiger partial charge is 0.312 e. The van der Waals surface area contributed by atoms with Crippen LogP contribution in [0.25, 0.3) is 11.0 Å². The number of pyridine rings is 2. The number of anilines is 2. The molecule has 1 amide bonds. The lowest BCUT2D eigenvalue weighted by atomic mass is 9.59. The lowest BCUT2D eigenvalue weighted by molar-refractivity contribution is -0.384. The molecule has 2 saturated heterocycles. The van der Waals surface area contributed by atoms with Crippen molar-refractivity contribution in [2.24, 2.45) is 16.7 Å². The third kappa shape index (κ3) is 9.70. The van der Waals surface area contributed by atoms with E-state index in [1.165, 1.54) is 23.4 Å². The molecule has 9 rings (SSSR count). The number of nitriles is 1. The van der Waals surface area contributed by atoms with E-state index in [4.69, 9.17) is 9.47 Å². The molecule has 2 saturated carbocycles. The van der Waals surface area contributed by atoms with Gasteiger partial charge in [-0.1, -0.05) is 52.0 Å². The fraction of sp³-hybridized carbons (Fsp3) is 0.480. The lowest BCUT2D eigenvalue weighted by Crippen LogP contribution is -2.58. The number of amides is 1. The largest absolute Gasteiger partial charge is 0.455 e. The number of hydrogen-bond acceptors (Lipinski definition) is 13. The van der Waals surface area contributed by atoms with E-state index in [0.29, 0.717) is 47.6 Å². The number of fused-ring (bicyclic) bond motifs is 1. The summed E-state index contributed by atoms with van der Waals surface area (Å²) >= 11 is 0. The molecule has 1 atom stereocenters. The van der Waals surface area contributed by atoms with Gasteiger partial charge in [0, 0.05) is 61.6 Å². The van der Waals surface area contributed by atoms with Crippen LogP contribution >= 0.6 is 0 Å². The molecule has 16 nitrogen and oxygen atoms in total. The Bertz CT molecular complexity index is 2810. The van der Waals surface area contributed by atoms with Crippen LogP contribution in [0.3, 0.4) is 0 Å². The molecule has 352 valence electrons. The number of ether oxygens (including phenoxy) is 2. The molecule has 67 heavy (non-hydrogen) atoms. The van der Waals surface area contributed by atoms with Crippen LogP contribution in [0, 0.1) is 38.2 Å². The molecule has 2 aliphatic heterocycles. The van der Waals surface area contributed by atoms with E-state index in [2.05, 4.69) is 92.8 Å².